The van der Waals surface area contributed by atoms with Crippen LogP contribution in [-0.2, 0) is 4.79 Å². The molecule has 1 saturated carbocycles. The number of para-hydroxylation sites is 1. The van der Waals surface area contributed by atoms with Gasteiger partial charge in [0.1, 0.15) is 0 Å². The van der Waals surface area contributed by atoms with Gasteiger partial charge in [0.25, 0.3) is 5.69 Å². The van der Waals surface area contributed by atoms with E-state index in [-0.39, 0.29) is 11.5 Å². The van der Waals surface area contributed by atoms with Crippen molar-refractivity contribution in [1.82, 2.24) is 0 Å². The second kappa shape index (κ2) is 6.93. The third-order valence-electron chi connectivity index (χ3n) is 3.90. The number of benzene rings is 2. The van der Waals surface area contributed by atoms with E-state index in [4.69, 9.17) is 0 Å². The quantitative estimate of drug-likeness (QED) is 0.416. The minimum atomic E-state index is -0.427. The lowest BCUT2D eigenvalue weighted by molar-refractivity contribution is -0.385. The Morgan fingerprint density at radius 3 is 2.42 bits per heavy atom. The summed E-state index contributed by atoms with van der Waals surface area (Å²) in [4.78, 5) is 23.2. The Bertz CT molecular complexity index is 884. The van der Waals surface area contributed by atoms with Crippen LogP contribution >= 0.6 is 15.9 Å². The Labute approximate surface area is 147 Å². The molecule has 0 unspecified atom stereocenters. The lowest BCUT2D eigenvalue weighted by Crippen LogP contribution is -1.97. The molecule has 120 valence electrons. The lowest BCUT2D eigenvalue weighted by Gasteiger charge is -1.99. The molecule has 5 heteroatoms. The Balaban J connectivity index is 1.91. The van der Waals surface area contributed by atoms with E-state index in [1.54, 1.807) is 24.3 Å². The molecule has 0 amide bonds. The first-order chi connectivity index (χ1) is 11.5. The second-order valence-corrected chi connectivity index (χ2v) is 6.45. The van der Waals surface area contributed by atoms with Crippen molar-refractivity contribution in [2.75, 3.05) is 0 Å². The van der Waals surface area contributed by atoms with Crippen LogP contribution in [0.3, 0.4) is 0 Å². The van der Waals surface area contributed by atoms with Gasteiger partial charge < -0.3 is 0 Å². The number of hydrogen-bond acceptors (Lipinski definition) is 3. The standard InChI is InChI=1S/C19H14BrNO3/c20-17-6-3-4-13(11-17)10-15-8-9-16(19(15)22)12-14-5-1-2-7-18(14)21(23)24/h1-7,10-12H,8-9H2/b15-10+,16-12+. The number of carbonyl (C=O) groups excluding carboxylic acids is 1. The van der Waals surface area contributed by atoms with E-state index in [2.05, 4.69) is 15.9 Å². The zero-order valence-corrected chi connectivity index (χ0v) is 14.3. The molecule has 1 aliphatic carbocycles. The summed E-state index contributed by atoms with van der Waals surface area (Å²) < 4.78 is 0.956. The molecule has 4 nitrogen and oxygen atoms in total. The molecule has 0 spiro atoms. The van der Waals surface area contributed by atoms with Gasteiger partial charge in [-0.25, -0.2) is 0 Å². The van der Waals surface area contributed by atoms with Crippen molar-refractivity contribution in [3.8, 4) is 0 Å². The number of nitrogens with zero attached hydrogens (tertiary/aromatic N) is 1. The zero-order chi connectivity index (χ0) is 17.1. The largest absolute Gasteiger partial charge is 0.289 e. The second-order valence-electron chi connectivity index (χ2n) is 5.54. The van der Waals surface area contributed by atoms with Gasteiger partial charge in [-0.15, -0.1) is 0 Å². The molecular formula is C19H14BrNO3. The predicted molar refractivity (Wildman–Crippen MR) is 97.4 cm³/mol. The molecule has 0 aliphatic heterocycles. The molecule has 1 fully saturated rings. The van der Waals surface area contributed by atoms with Gasteiger partial charge in [0.15, 0.2) is 5.78 Å². The van der Waals surface area contributed by atoms with E-state index in [9.17, 15) is 14.9 Å². The van der Waals surface area contributed by atoms with Gasteiger partial charge in [0, 0.05) is 21.7 Å². The highest BCUT2D eigenvalue weighted by atomic mass is 79.9. The third kappa shape index (κ3) is 3.51. The number of nitro benzene ring substituents is 1. The van der Waals surface area contributed by atoms with Crippen molar-refractivity contribution >= 4 is 39.6 Å². The lowest BCUT2D eigenvalue weighted by atomic mass is 10.1. The number of ketones is 1. The average molecular weight is 384 g/mol. The molecular weight excluding hydrogens is 370 g/mol. The highest BCUT2D eigenvalue weighted by Gasteiger charge is 2.24. The van der Waals surface area contributed by atoms with Gasteiger partial charge in [-0.3, -0.25) is 14.9 Å². The summed E-state index contributed by atoms with van der Waals surface area (Å²) in [5, 5.41) is 11.1. The normalized spacial score (nSPS) is 17.6. The van der Waals surface area contributed by atoms with Crippen molar-refractivity contribution in [3.05, 3.63) is 85.4 Å². The van der Waals surface area contributed by atoms with Gasteiger partial charge in [-0.2, -0.15) is 0 Å². The molecule has 2 aromatic rings. The molecule has 0 bridgehead atoms. The molecule has 3 rings (SSSR count). The SMILES string of the molecule is O=C1/C(=C/c2cccc(Br)c2)CC/C1=C\c1ccccc1[N+](=O)[O-]. The molecule has 0 atom stereocenters. The number of halogens is 1. The maximum atomic E-state index is 12.6. The molecule has 0 aromatic heterocycles. The van der Waals surface area contributed by atoms with Crippen molar-refractivity contribution in [2.24, 2.45) is 0 Å². The fraction of sp³-hybridized carbons (Fsp3) is 0.105. The van der Waals surface area contributed by atoms with Crippen molar-refractivity contribution in [2.45, 2.75) is 12.8 Å². The molecule has 0 saturated heterocycles. The van der Waals surface area contributed by atoms with Crippen LogP contribution in [0.5, 0.6) is 0 Å². The number of Topliss-reactive ketones (excluding diaryl/α,β-unsaturated/α-hetero) is 1. The fourth-order valence-electron chi connectivity index (χ4n) is 2.74. The number of hydrogen-bond donors (Lipinski definition) is 0. The van der Waals surface area contributed by atoms with Gasteiger partial charge >= 0.3 is 0 Å². The summed E-state index contributed by atoms with van der Waals surface area (Å²) >= 11 is 3.41. The first kappa shape index (κ1) is 16.3. The van der Waals surface area contributed by atoms with Gasteiger partial charge in [0.2, 0.25) is 0 Å². The molecule has 0 N–H and O–H groups in total. The summed E-state index contributed by atoms with van der Waals surface area (Å²) in [6.07, 6.45) is 4.78. The summed E-state index contributed by atoms with van der Waals surface area (Å²) in [6.45, 7) is 0. The number of allylic oxidation sites excluding steroid dienone is 2. The van der Waals surface area contributed by atoms with Crippen LogP contribution in [0.25, 0.3) is 12.2 Å². The average Bonchev–Trinajstić information content (AvgIpc) is 2.88. The predicted octanol–water partition coefficient (Wildman–Crippen LogP) is 5.19. The monoisotopic (exact) mass is 383 g/mol. The zero-order valence-electron chi connectivity index (χ0n) is 12.7. The van der Waals surface area contributed by atoms with E-state index in [0.717, 1.165) is 15.6 Å². The molecule has 24 heavy (non-hydrogen) atoms. The van der Waals surface area contributed by atoms with Crippen LogP contribution in [-0.4, -0.2) is 10.7 Å². The Morgan fingerprint density at radius 1 is 1.00 bits per heavy atom. The third-order valence-corrected chi connectivity index (χ3v) is 4.39. The minimum absolute atomic E-state index is 0.0159. The van der Waals surface area contributed by atoms with Gasteiger partial charge in [-0.1, -0.05) is 40.2 Å². The molecule has 1 aliphatic rings. The first-order valence-electron chi connectivity index (χ1n) is 7.49. The van der Waals surface area contributed by atoms with E-state index in [1.807, 2.05) is 30.3 Å². The van der Waals surface area contributed by atoms with Crippen LogP contribution in [0.4, 0.5) is 5.69 Å². The highest BCUT2D eigenvalue weighted by Crippen LogP contribution is 2.31. The van der Waals surface area contributed by atoms with Crippen LogP contribution in [0.1, 0.15) is 24.0 Å². The van der Waals surface area contributed by atoms with E-state index in [1.165, 1.54) is 6.07 Å². The summed E-state index contributed by atoms with van der Waals surface area (Å²) in [5.74, 6) is -0.0341. The van der Waals surface area contributed by atoms with Crippen molar-refractivity contribution < 1.29 is 9.72 Å². The Kier molecular flexibility index (Phi) is 4.71. The first-order valence-corrected chi connectivity index (χ1v) is 8.29. The van der Waals surface area contributed by atoms with E-state index >= 15 is 0 Å². The Morgan fingerprint density at radius 2 is 1.71 bits per heavy atom. The fourth-order valence-corrected chi connectivity index (χ4v) is 3.16. The number of rotatable bonds is 3. The van der Waals surface area contributed by atoms with Crippen LogP contribution < -0.4 is 0 Å². The van der Waals surface area contributed by atoms with Crippen LogP contribution in [0.15, 0.2) is 64.1 Å². The van der Waals surface area contributed by atoms with Crippen molar-refractivity contribution in [1.29, 1.82) is 0 Å². The summed E-state index contributed by atoms with van der Waals surface area (Å²) in [7, 11) is 0. The molecule has 0 radical (unpaired) electrons. The van der Waals surface area contributed by atoms with Gasteiger partial charge in [-0.05, 0) is 48.8 Å². The minimum Gasteiger partial charge on any atom is -0.289 e. The van der Waals surface area contributed by atoms with Crippen LogP contribution in [0.2, 0.25) is 0 Å². The summed E-state index contributed by atoms with van der Waals surface area (Å²) in [5.41, 5.74) is 2.79. The van der Waals surface area contributed by atoms with Gasteiger partial charge in [0.05, 0.1) is 10.5 Å². The highest BCUT2D eigenvalue weighted by molar-refractivity contribution is 9.10. The number of carbonyl (C=O) groups is 1. The smallest absolute Gasteiger partial charge is 0.276 e. The molecule has 2 aromatic carbocycles. The van der Waals surface area contributed by atoms with Crippen LogP contribution in [0, 0.1) is 10.1 Å². The maximum absolute atomic E-state index is 12.6. The maximum Gasteiger partial charge on any atom is 0.276 e. The van der Waals surface area contributed by atoms with E-state index < -0.39 is 4.92 Å². The topological polar surface area (TPSA) is 60.2 Å². The molecule has 0 heterocycles. The van der Waals surface area contributed by atoms with E-state index in [0.29, 0.717) is 24.0 Å². The summed E-state index contributed by atoms with van der Waals surface area (Å²) in [6, 6.07) is 14.2. The number of nitro groups is 1. The Hall–Kier alpha value is -2.53. The van der Waals surface area contributed by atoms with Crippen molar-refractivity contribution in [3.63, 3.8) is 0 Å².